The van der Waals surface area contributed by atoms with Gasteiger partial charge in [0.2, 0.25) is 5.91 Å². The van der Waals surface area contributed by atoms with Crippen LogP contribution in [0, 0.1) is 0 Å². The zero-order valence-corrected chi connectivity index (χ0v) is 9.32. The summed E-state index contributed by atoms with van der Waals surface area (Å²) in [6, 6.07) is 3.30. The summed E-state index contributed by atoms with van der Waals surface area (Å²) >= 11 is 0. The number of aliphatic hydroxyl groups excluding tert-OH is 1. The maximum absolute atomic E-state index is 11.2. The monoisotopic (exact) mass is 237 g/mol. The molecule has 5 N–H and O–H groups in total. The SMILES string of the molecule is NC(=O)c1cc2c(c(OCCCO)c1)NCN2. The first-order valence-electron chi connectivity index (χ1n) is 5.41. The van der Waals surface area contributed by atoms with E-state index >= 15 is 0 Å². The number of rotatable bonds is 5. The molecule has 0 fully saturated rings. The lowest BCUT2D eigenvalue weighted by Crippen LogP contribution is -2.11. The van der Waals surface area contributed by atoms with Crippen LogP contribution in [0.25, 0.3) is 0 Å². The van der Waals surface area contributed by atoms with Gasteiger partial charge in [0.25, 0.3) is 0 Å². The van der Waals surface area contributed by atoms with Crippen molar-refractivity contribution in [2.24, 2.45) is 5.73 Å². The van der Waals surface area contributed by atoms with Crippen LogP contribution in [-0.2, 0) is 0 Å². The van der Waals surface area contributed by atoms with Gasteiger partial charge in [-0.1, -0.05) is 0 Å². The topological polar surface area (TPSA) is 96.6 Å². The summed E-state index contributed by atoms with van der Waals surface area (Å²) in [6.45, 7) is 1.06. The van der Waals surface area contributed by atoms with Crippen molar-refractivity contribution in [3.8, 4) is 5.75 Å². The Kier molecular flexibility index (Phi) is 3.34. The summed E-state index contributed by atoms with van der Waals surface area (Å²) in [4.78, 5) is 11.2. The van der Waals surface area contributed by atoms with Crippen molar-refractivity contribution in [3.63, 3.8) is 0 Å². The van der Waals surface area contributed by atoms with E-state index < -0.39 is 5.91 Å². The van der Waals surface area contributed by atoms with Crippen molar-refractivity contribution in [1.29, 1.82) is 0 Å². The van der Waals surface area contributed by atoms with E-state index in [4.69, 9.17) is 15.6 Å². The van der Waals surface area contributed by atoms with Gasteiger partial charge in [-0.3, -0.25) is 4.79 Å². The molecule has 0 saturated carbocycles. The second-order valence-electron chi connectivity index (χ2n) is 3.72. The maximum atomic E-state index is 11.2. The predicted molar refractivity (Wildman–Crippen MR) is 64.3 cm³/mol. The quantitative estimate of drug-likeness (QED) is 0.554. The Morgan fingerprint density at radius 2 is 2.29 bits per heavy atom. The number of amides is 1. The van der Waals surface area contributed by atoms with Crippen LogP contribution in [0.3, 0.4) is 0 Å². The van der Waals surface area contributed by atoms with Crippen molar-refractivity contribution >= 4 is 17.3 Å². The standard InChI is InChI=1S/C11H15N3O3/c12-11(16)7-4-8-10(14-6-13-8)9(5-7)17-3-1-2-15/h4-5,13-15H,1-3,6H2,(H2,12,16). The minimum Gasteiger partial charge on any atom is -0.491 e. The van der Waals surface area contributed by atoms with E-state index in [2.05, 4.69) is 10.6 Å². The molecular weight excluding hydrogens is 222 g/mol. The lowest BCUT2D eigenvalue weighted by Gasteiger charge is -2.11. The first-order chi connectivity index (χ1) is 8.22. The van der Waals surface area contributed by atoms with Gasteiger partial charge in [-0.2, -0.15) is 0 Å². The Morgan fingerprint density at radius 3 is 3.00 bits per heavy atom. The average molecular weight is 237 g/mol. The third kappa shape index (κ3) is 2.42. The summed E-state index contributed by atoms with van der Waals surface area (Å²) < 4.78 is 5.51. The molecule has 0 saturated heterocycles. The van der Waals surface area contributed by atoms with E-state index in [-0.39, 0.29) is 6.61 Å². The van der Waals surface area contributed by atoms with Crippen molar-refractivity contribution in [2.45, 2.75) is 6.42 Å². The number of anilines is 2. The Labute approximate surface area is 98.8 Å². The predicted octanol–water partition coefficient (Wildman–Crippen LogP) is 0.342. The fourth-order valence-electron chi connectivity index (χ4n) is 1.67. The smallest absolute Gasteiger partial charge is 0.248 e. The summed E-state index contributed by atoms with van der Waals surface area (Å²) in [5.41, 5.74) is 7.28. The van der Waals surface area contributed by atoms with Gasteiger partial charge in [0.1, 0.15) is 11.4 Å². The third-order valence-corrected chi connectivity index (χ3v) is 2.49. The molecule has 0 atom stereocenters. The largest absolute Gasteiger partial charge is 0.491 e. The maximum Gasteiger partial charge on any atom is 0.248 e. The number of carbonyl (C=O) groups excluding carboxylic acids is 1. The number of benzene rings is 1. The minimum absolute atomic E-state index is 0.0728. The molecule has 2 rings (SSSR count). The van der Waals surface area contributed by atoms with E-state index in [1.807, 2.05) is 0 Å². The van der Waals surface area contributed by atoms with Crippen LogP contribution in [0.2, 0.25) is 0 Å². The lowest BCUT2D eigenvalue weighted by molar-refractivity contribution is 0.1000. The molecule has 1 heterocycles. The second kappa shape index (κ2) is 4.92. The fraction of sp³-hybridized carbons (Fsp3) is 0.364. The number of fused-ring (bicyclic) bond motifs is 1. The number of ether oxygens (including phenoxy) is 1. The van der Waals surface area contributed by atoms with Gasteiger partial charge < -0.3 is 26.2 Å². The molecule has 0 aliphatic carbocycles. The van der Waals surface area contributed by atoms with E-state index in [1.54, 1.807) is 12.1 Å². The average Bonchev–Trinajstić information content (AvgIpc) is 2.77. The van der Waals surface area contributed by atoms with E-state index in [0.717, 1.165) is 11.4 Å². The van der Waals surface area contributed by atoms with Crippen molar-refractivity contribution < 1.29 is 14.6 Å². The Morgan fingerprint density at radius 1 is 1.47 bits per heavy atom. The summed E-state index contributed by atoms with van der Waals surface area (Å²) in [6.07, 6.45) is 0.545. The first-order valence-corrected chi connectivity index (χ1v) is 5.41. The molecule has 1 amide bonds. The third-order valence-electron chi connectivity index (χ3n) is 2.49. The molecule has 0 aromatic heterocycles. The number of carbonyl (C=O) groups is 1. The van der Waals surface area contributed by atoms with Crippen molar-refractivity contribution in [1.82, 2.24) is 0 Å². The number of nitrogens with two attached hydrogens (primary N) is 1. The van der Waals surface area contributed by atoms with Crippen LogP contribution >= 0.6 is 0 Å². The highest BCUT2D eigenvalue weighted by Gasteiger charge is 2.18. The highest BCUT2D eigenvalue weighted by Crippen LogP contribution is 2.37. The van der Waals surface area contributed by atoms with Crippen molar-refractivity contribution in [3.05, 3.63) is 17.7 Å². The lowest BCUT2D eigenvalue weighted by atomic mass is 10.1. The van der Waals surface area contributed by atoms with Crippen LogP contribution in [-0.4, -0.2) is 30.9 Å². The zero-order valence-electron chi connectivity index (χ0n) is 9.32. The first kappa shape index (κ1) is 11.5. The molecular formula is C11H15N3O3. The summed E-state index contributed by atoms with van der Waals surface area (Å²) in [5, 5.41) is 14.9. The molecule has 0 bridgehead atoms. The Balaban J connectivity index is 2.25. The molecule has 0 radical (unpaired) electrons. The second-order valence-corrected chi connectivity index (χ2v) is 3.72. The van der Waals surface area contributed by atoms with Gasteiger partial charge >= 0.3 is 0 Å². The number of hydrogen-bond donors (Lipinski definition) is 4. The zero-order chi connectivity index (χ0) is 12.3. The minimum atomic E-state index is -0.492. The molecule has 1 aliphatic heterocycles. The van der Waals surface area contributed by atoms with Crippen LogP contribution in [0.15, 0.2) is 12.1 Å². The van der Waals surface area contributed by atoms with E-state index in [9.17, 15) is 4.79 Å². The van der Waals surface area contributed by atoms with Crippen molar-refractivity contribution in [2.75, 3.05) is 30.5 Å². The number of hydrogen-bond acceptors (Lipinski definition) is 5. The number of nitrogens with one attached hydrogen (secondary N) is 2. The molecule has 92 valence electrons. The fourth-order valence-corrected chi connectivity index (χ4v) is 1.67. The van der Waals surface area contributed by atoms with Crippen LogP contribution in [0.4, 0.5) is 11.4 Å². The summed E-state index contributed by atoms with van der Waals surface area (Å²) in [7, 11) is 0. The molecule has 17 heavy (non-hydrogen) atoms. The molecule has 0 unspecified atom stereocenters. The van der Waals surface area contributed by atoms with Crippen LogP contribution < -0.4 is 21.1 Å². The molecule has 6 heteroatoms. The van der Waals surface area contributed by atoms with Gasteiger partial charge in [-0.25, -0.2) is 0 Å². The molecule has 6 nitrogen and oxygen atoms in total. The number of aliphatic hydroxyl groups is 1. The Hall–Kier alpha value is -1.95. The van der Waals surface area contributed by atoms with Gasteiger partial charge in [-0.05, 0) is 12.1 Å². The van der Waals surface area contributed by atoms with Gasteiger partial charge in [0.15, 0.2) is 0 Å². The molecule has 0 spiro atoms. The van der Waals surface area contributed by atoms with E-state index in [0.29, 0.717) is 31.0 Å². The van der Waals surface area contributed by atoms with Gasteiger partial charge in [0, 0.05) is 18.6 Å². The van der Waals surface area contributed by atoms with Crippen LogP contribution in [0.5, 0.6) is 5.75 Å². The highest BCUT2D eigenvalue weighted by atomic mass is 16.5. The van der Waals surface area contributed by atoms with E-state index in [1.165, 1.54) is 0 Å². The van der Waals surface area contributed by atoms with Gasteiger partial charge in [-0.15, -0.1) is 0 Å². The number of primary amides is 1. The molecule has 1 aromatic carbocycles. The van der Waals surface area contributed by atoms with Gasteiger partial charge in [0.05, 0.1) is 19.0 Å². The normalized spacial score (nSPS) is 12.5. The van der Waals surface area contributed by atoms with Crippen LogP contribution in [0.1, 0.15) is 16.8 Å². The highest BCUT2D eigenvalue weighted by molar-refractivity contribution is 5.97. The molecule has 1 aromatic rings. The molecule has 1 aliphatic rings. The summed E-state index contributed by atoms with van der Waals surface area (Å²) in [5.74, 6) is 0.0864. The Bertz CT molecular complexity index is 434.